The first-order valence-corrected chi connectivity index (χ1v) is 11.1. The van der Waals surface area contributed by atoms with Crippen molar-refractivity contribution < 1.29 is 14.3 Å². The summed E-state index contributed by atoms with van der Waals surface area (Å²) in [5.74, 6) is 0.655. The Labute approximate surface area is 168 Å². The minimum atomic E-state index is -0.303. The van der Waals surface area contributed by atoms with Crippen LogP contribution in [-0.2, 0) is 22.4 Å². The monoisotopic (exact) mass is 393 g/mol. The van der Waals surface area contributed by atoms with Crippen molar-refractivity contribution in [3.05, 3.63) is 16.0 Å². The van der Waals surface area contributed by atoms with Crippen LogP contribution in [0.2, 0.25) is 0 Å². The Morgan fingerprint density at radius 1 is 1.30 bits per heavy atom. The van der Waals surface area contributed by atoms with Crippen LogP contribution < -0.4 is 5.32 Å². The summed E-state index contributed by atoms with van der Waals surface area (Å²) in [6, 6.07) is 0. The predicted molar refractivity (Wildman–Crippen MR) is 113 cm³/mol. The lowest BCUT2D eigenvalue weighted by molar-refractivity contribution is -0.117. The Bertz CT molecular complexity index is 672. The number of ether oxygens (including phenoxy) is 1. The molecule has 0 bridgehead atoms. The van der Waals surface area contributed by atoms with E-state index in [9.17, 15) is 9.59 Å². The smallest absolute Gasteiger partial charge is 0.341 e. The van der Waals surface area contributed by atoms with Crippen LogP contribution in [0.5, 0.6) is 0 Å². The summed E-state index contributed by atoms with van der Waals surface area (Å²) in [7, 11) is 0. The van der Waals surface area contributed by atoms with Gasteiger partial charge < -0.3 is 10.1 Å². The molecule has 27 heavy (non-hydrogen) atoms. The molecule has 2 atom stereocenters. The van der Waals surface area contributed by atoms with E-state index in [0.717, 1.165) is 37.7 Å². The lowest BCUT2D eigenvalue weighted by Crippen LogP contribution is -2.20. The molecule has 0 spiro atoms. The molecule has 4 nitrogen and oxygen atoms in total. The third kappa shape index (κ3) is 6.06. The second kappa shape index (κ2) is 9.22. The SMILES string of the molecule is CCOC(=O)c1c(NC(=O)C[C@H](C)CC(C)(C)C)sc2c1CC[C@@H](CC)C2. The Balaban J connectivity index is 2.18. The van der Waals surface area contributed by atoms with Crippen molar-refractivity contribution in [2.24, 2.45) is 17.3 Å². The molecule has 152 valence electrons. The van der Waals surface area contributed by atoms with Crippen molar-refractivity contribution in [2.45, 2.75) is 80.1 Å². The lowest BCUT2D eigenvalue weighted by atomic mass is 9.84. The van der Waals surface area contributed by atoms with E-state index in [4.69, 9.17) is 4.74 Å². The summed E-state index contributed by atoms with van der Waals surface area (Å²) in [5.41, 5.74) is 1.90. The number of esters is 1. The van der Waals surface area contributed by atoms with Gasteiger partial charge in [0.1, 0.15) is 5.00 Å². The molecule has 0 unspecified atom stereocenters. The van der Waals surface area contributed by atoms with Crippen LogP contribution in [0.4, 0.5) is 5.00 Å². The number of thiophene rings is 1. The van der Waals surface area contributed by atoms with Crippen LogP contribution in [0.25, 0.3) is 0 Å². The predicted octanol–water partition coefficient (Wildman–Crippen LogP) is 5.84. The molecule has 1 amide bonds. The van der Waals surface area contributed by atoms with Crippen LogP contribution in [0.1, 0.15) is 88.0 Å². The van der Waals surface area contributed by atoms with E-state index in [1.807, 2.05) is 6.92 Å². The maximum atomic E-state index is 12.6. The molecule has 0 fully saturated rings. The Morgan fingerprint density at radius 3 is 2.59 bits per heavy atom. The first-order chi connectivity index (χ1) is 12.6. The molecule has 1 heterocycles. The van der Waals surface area contributed by atoms with E-state index in [0.29, 0.717) is 35.4 Å². The molecule has 0 saturated carbocycles. The van der Waals surface area contributed by atoms with Crippen LogP contribution in [-0.4, -0.2) is 18.5 Å². The van der Waals surface area contributed by atoms with Gasteiger partial charge in [-0.05, 0) is 55.4 Å². The Kier molecular flexibility index (Phi) is 7.49. The number of hydrogen-bond donors (Lipinski definition) is 1. The standard InChI is InChI=1S/C22H35NO3S/c1-7-15-9-10-16-17(12-15)27-20(19(16)21(25)26-8-2)23-18(24)11-14(3)13-22(4,5)6/h14-15H,7-13H2,1-6H3,(H,23,24)/t14-,15+/m0/s1. The third-order valence-corrected chi connectivity index (χ3v) is 6.34. The number of rotatable bonds is 7. The van der Waals surface area contributed by atoms with Crippen LogP contribution >= 0.6 is 11.3 Å². The zero-order valence-electron chi connectivity index (χ0n) is 17.7. The van der Waals surface area contributed by atoms with Gasteiger partial charge in [0.15, 0.2) is 0 Å². The second-order valence-electron chi connectivity index (χ2n) is 9.07. The zero-order chi connectivity index (χ0) is 20.2. The van der Waals surface area contributed by atoms with Gasteiger partial charge >= 0.3 is 5.97 Å². The second-order valence-corrected chi connectivity index (χ2v) is 10.2. The van der Waals surface area contributed by atoms with Gasteiger partial charge in [-0.2, -0.15) is 0 Å². The minimum Gasteiger partial charge on any atom is -0.462 e. The average molecular weight is 394 g/mol. The molecule has 5 heteroatoms. The number of hydrogen-bond acceptors (Lipinski definition) is 4. The molecule has 0 radical (unpaired) electrons. The molecule has 1 aromatic rings. The number of carbonyl (C=O) groups excluding carboxylic acids is 2. The summed E-state index contributed by atoms with van der Waals surface area (Å²) < 4.78 is 5.29. The molecule has 0 aliphatic heterocycles. The zero-order valence-corrected chi connectivity index (χ0v) is 18.6. The minimum absolute atomic E-state index is 0.0112. The number of carbonyl (C=O) groups is 2. The molecule has 1 aliphatic carbocycles. The molecule has 1 aliphatic rings. The maximum absolute atomic E-state index is 12.6. The molecule has 1 N–H and O–H groups in total. The summed E-state index contributed by atoms with van der Waals surface area (Å²) in [6.45, 7) is 13.1. The van der Waals surface area contributed by atoms with E-state index >= 15 is 0 Å². The summed E-state index contributed by atoms with van der Waals surface area (Å²) in [5, 5.41) is 3.72. The van der Waals surface area contributed by atoms with Crippen molar-refractivity contribution in [1.82, 2.24) is 0 Å². The van der Waals surface area contributed by atoms with Gasteiger partial charge in [0.25, 0.3) is 0 Å². The lowest BCUT2D eigenvalue weighted by Gasteiger charge is -2.22. The first-order valence-electron chi connectivity index (χ1n) is 10.3. The Hall–Kier alpha value is -1.36. The normalized spacial score (nSPS) is 17.9. The van der Waals surface area contributed by atoms with Gasteiger partial charge in [0.05, 0.1) is 12.2 Å². The highest BCUT2D eigenvalue weighted by Crippen LogP contribution is 2.41. The van der Waals surface area contributed by atoms with Crippen molar-refractivity contribution in [2.75, 3.05) is 11.9 Å². The van der Waals surface area contributed by atoms with E-state index < -0.39 is 0 Å². The maximum Gasteiger partial charge on any atom is 0.341 e. The fraction of sp³-hybridized carbons (Fsp3) is 0.727. The number of anilines is 1. The third-order valence-electron chi connectivity index (χ3n) is 5.17. The largest absolute Gasteiger partial charge is 0.462 e. The highest BCUT2D eigenvalue weighted by molar-refractivity contribution is 7.17. The van der Waals surface area contributed by atoms with Gasteiger partial charge in [-0.1, -0.05) is 41.0 Å². The fourth-order valence-corrected chi connectivity index (χ4v) is 5.49. The molecular weight excluding hydrogens is 358 g/mol. The Morgan fingerprint density at radius 2 is 2.00 bits per heavy atom. The van der Waals surface area contributed by atoms with Gasteiger partial charge in [-0.15, -0.1) is 11.3 Å². The van der Waals surface area contributed by atoms with Gasteiger partial charge in [0, 0.05) is 11.3 Å². The number of fused-ring (bicyclic) bond motifs is 1. The molecular formula is C22H35NO3S. The summed E-state index contributed by atoms with van der Waals surface area (Å²) in [6.07, 6.45) is 5.61. The van der Waals surface area contributed by atoms with Crippen molar-refractivity contribution >= 4 is 28.2 Å². The summed E-state index contributed by atoms with van der Waals surface area (Å²) in [4.78, 5) is 26.4. The highest BCUT2D eigenvalue weighted by Gasteiger charge is 2.30. The molecule has 2 rings (SSSR count). The van der Waals surface area contributed by atoms with Gasteiger partial charge in [-0.25, -0.2) is 4.79 Å². The quantitative estimate of drug-likeness (QED) is 0.592. The van der Waals surface area contributed by atoms with Crippen LogP contribution in [0.15, 0.2) is 0 Å². The summed E-state index contributed by atoms with van der Waals surface area (Å²) >= 11 is 1.57. The van der Waals surface area contributed by atoms with E-state index in [-0.39, 0.29) is 17.3 Å². The highest BCUT2D eigenvalue weighted by atomic mass is 32.1. The number of nitrogens with one attached hydrogen (secondary N) is 1. The van der Waals surface area contributed by atoms with E-state index in [1.54, 1.807) is 11.3 Å². The van der Waals surface area contributed by atoms with Crippen LogP contribution in [0, 0.1) is 17.3 Å². The molecule has 0 saturated heterocycles. The first kappa shape index (κ1) is 21.9. The van der Waals surface area contributed by atoms with Gasteiger partial charge in [0.2, 0.25) is 5.91 Å². The van der Waals surface area contributed by atoms with E-state index in [2.05, 4.69) is 39.9 Å². The van der Waals surface area contributed by atoms with Crippen LogP contribution in [0.3, 0.4) is 0 Å². The number of amides is 1. The van der Waals surface area contributed by atoms with E-state index in [1.165, 1.54) is 4.88 Å². The molecule has 0 aromatic carbocycles. The van der Waals surface area contributed by atoms with Crippen molar-refractivity contribution in [3.8, 4) is 0 Å². The van der Waals surface area contributed by atoms with Crippen molar-refractivity contribution in [1.29, 1.82) is 0 Å². The fourth-order valence-electron chi connectivity index (χ4n) is 4.12. The van der Waals surface area contributed by atoms with Crippen molar-refractivity contribution in [3.63, 3.8) is 0 Å². The molecule has 1 aromatic heterocycles. The topological polar surface area (TPSA) is 55.4 Å². The van der Waals surface area contributed by atoms with Gasteiger partial charge in [-0.3, -0.25) is 4.79 Å². The average Bonchev–Trinajstić information content (AvgIpc) is 2.89.